The van der Waals surface area contributed by atoms with E-state index in [9.17, 15) is 14.4 Å². The van der Waals surface area contributed by atoms with Gasteiger partial charge in [0.25, 0.3) is 0 Å². The van der Waals surface area contributed by atoms with Crippen LogP contribution in [0.5, 0.6) is 0 Å². The van der Waals surface area contributed by atoms with Crippen molar-refractivity contribution in [3.05, 3.63) is 0 Å². The van der Waals surface area contributed by atoms with Crippen LogP contribution >= 0.6 is 0 Å². The number of hydrogen-bond donors (Lipinski definition) is 0. The van der Waals surface area contributed by atoms with Gasteiger partial charge in [-0.2, -0.15) is 0 Å². The van der Waals surface area contributed by atoms with Gasteiger partial charge in [-0.25, -0.2) is 0 Å². The van der Waals surface area contributed by atoms with Crippen LogP contribution in [0.4, 0.5) is 0 Å². The molecule has 0 aliphatic rings. The molecule has 0 aromatic rings. The average Bonchev–Trinajstić information content (AvgIpc) is 3.05. The van der Waals surface area contributed by atoms with E-state index >= 15 is 0 Å². The topological polar surface area (TPSA) is 78.9 Å². The summed E-state index contributed by atoms with van der Waals surface area (Å²) in [6.45, 7) is 8.86. The Morgan fingerprint density at radius 3 is 1.04 bits per heavy atom. The van der Waals surface area contributed by atoms with E-state index in [2.05, 4.69) is 27.7 Å². The summed E-state index contributed by atoms with van der Waals surface area (Å²) in [5.41, 5.74) is 0. The molecule has 0 saturated heterocycles. The summed E-state index contributed by atoms with van der Waals surface area (Å²) in [5.74, 6) is -0.109. The highest BCUT2D eigenvalue weighted by Crippen LogP contribution is 2.15. The molecule has 0 rings (SSSR count). The standard InChI is InChI=1S/C41H78O6/c1-5-7-9-11-13-14-15-16-17-18-20-24-28-32-39(42)45-35-38(47-41(44)34-30-26-19-12-10-8-6-2)36-46-40(43)33-29-25-22-21-23-27-31-37(3)4/h37-38H,5-36H2,1-4H3/t38-/m1/s1. The van der Waals surface area contributed by atoms with Crippen LogP contribution in [0.15, 0.2) is 0 Å². The molecule has 0 aromatic carbocycles. The first-order valence-electron chi connectivity index (χ1n) is 20.4. The van der Waals surface area contributed by atoms with Crippen LogP contribution in [-0.4, -0.2) is 37.2 Å². The maximum absolute atomic E-state index is 12.5. The molecular formula is C41H78O6. The van der Waals surface area contributed by atoms with Gasteiger partial charge in [0.15, 0.2) is 6.10 Å². The van der Waals surface area contributed by atoms with Crippen molar-refractivity contribution >= 4 is 17.9 Å². The molecule has 6 nitrogen and oxygen atoms in total. The van der Waals surface area contributed by atoms with Gasteiger partial charge in [-0.05, 0) is 25.2 Å². The molecule has 6 heteroatoms. The molecule has 1 atom stereocenters. The monoisotopic (exact) mass is 667 g/mol. The summed E-state index contributed by atoms with van der Waals surface area (Å²) in [6, 6.07) is 0. The number of carbonyl (C=O) groups excluding carboxylic acids is 3. The molecule has 47 heavy (non-hydrogen) atoms. The number of unbranched alkanes of at least 4 members (excludes halogenated alkanes) is 23. The summed E-state index contributed by atoms with van der Waals surface area (Å²) < 4.78 is 16.6. The molecule has 0 heterocycles. The minimum Gasteiger partial charge on any atom is -0.462 e. The third-order valence-electron chi connectivity index (χ3n) is 9.04. The first-order chi connectivity index (χ1) is 22.9. The second kappa shape index (κ2) is 35.7. The lowest BCUT2D eigenvalue weighted by atomic mass is 10.0. The van der Waals surface area contributed by atoms with Crippen LogP contribution in [0.25, 0.3) is 0 Å². The zero-order valence-corrected chi connectivity index (χ0v) is 31.7. The number of hydrogen-bond acceptors (Lipinski definition) is 6. The predicted octanol–water partition coefficient (Wildman–Crippen LogP) is 12.4. The third kappa shape index (κ3) is 35.5. The highest BCUT2D eigenvalue weighted by Gasteiger charge is 2.19. The molecule has 0 spiro atoms. The smallest absolute Gasteiger partial charge is 0.306 e. The Morgan fingerprint density at radius 2 is 0.702 bits per heavy atom. The fraction of sp³-hybridized carbons (Fsp3) is 0.927. The van der Waals surface area contributed by atoms with Crippen molar-refractivity contribution in [2.75, 3.05) is 13.2 Å². The Labute approximate surface area is 291 Å². The maximum Gasteiger partial charge on any atom is 0.306 e. The van der Waals surface area contributed by atoms with Crippen molar-refractivity contribution in [3.8, 4) is 0 Å². The van der Waals surface area contributed by atoms with Crippen LogP contribution in [0.2, 0.25) is 0 Å². The number of esters is 3. The zero-order chi connectivity index (χ0) is 34.6. The van der Waals surface area contributed by atoms with Crippen molar-refractivity contribution in [1.29, 1.82) is 0 Å². The predicted molar refractivity (Wildman–Crippen MR) is 196 cm³/mol. The molecule has 0 aliphatic carbocycles. The van der Waals surface area contributed by atoms with E-state index in [-0.39, 0.29) is 31.1 Å². The summed E-state index contributed by atoms with van der Waals surface area (Å²) in [6.07, 6.45) is 32.5. The molecular weight excluding hydrogens is 588 g/mol. The Kier molecular flexibility index (Phi) is 34.5. The number of ether oxygens (including phenoxy) is 3. The van der Waals surface area contributed by atoms with Crippen molar-refractivity contribution < 1.29 is 28.6 Å². The second-order valence-electron chi connectivity index (χ2n) is 14.4. The Morgan fingerprint density at radius 1 is 0.404 bits per heavy atom. The average molecular weight is 667 g/mol. The third-order valence-corrected chi connectivity index (χ3v) is 9.04. The lowest BCUT2D eigenvalue weighted by Crippen LogP contribution is -2.30. The molecule has 0 aromatic heterocycles. The summed E-state index contributed by atoms with van der Waals surface area (Å²) in [4.78, 5) is 37.3. The molecule has 0 saturated carbocycles. The Hall–Kier alpha value is -1.59. The quantitative estimate of drug-likeness (QED) is 0.0376. The van der Waals surface area contributed by atoms with Gasteiger partial charge < -0.3 is 14.2 Å². The molecule has 0 radical (unpaired) electrons. The fourth-order valence-corrected chi connectivity index (χ4v) is 5.92. The lowest BCUT2D eigenvalue weighted by molar-refractivity contribution is -0.167. The Balaban J connectivity index is 4.27. The van der Waals surface area contributed by atoms with Crippen LogP contribution in [0.3, 0.4) is 0 Å². The minimum absolute atomic E-state index is 0.0658. The van der Waals surface area contributed by atoms with Crippen LogP contribution in [0.1, 0.15) is 220 Å². The van der Waals surface area contributed by atoms with Gasteiger partial charge in [-0.1, -0.05) is 182 Å². The van der Waals surface area contributed by atoms with Crippen LogP contribution in [-0.2, 0) is 28.6 Å². The zero-order valence-electron chi connectivity index (χ0n) is 31.7. The molecule has 0 amide bonds. The summed E-state index contributed by atoms with van der Waals surface area (Å²) in [5, 5.41) is 0. The van der Waals surface area contributed by atoms with Crippen molar-refractivity contribution in [2.24, 2.45) is 5.92 Å². The van der Waals surface area contributed by atoms with Gasteiger partial charge in [-0.15, -0.1) is 0 Å². The van der Waals surface area contributed by atoms with E-state index < -0.39 is 6.10 Å². The molecule has 0 fully saturated rings. The van der Waals surface area contributed by atoms with Crippen LogP contribution < -0.4 is 0 Å². The van der Waals surface area contributed by atoms with E-state index in [1.807, 2.05) is 0 Å². The largest absolute Gasteiger partial charge is 0.462 e. The van der Waals surface area contributed by atoms with Crippen LogP contribution in [0, 0.1) is 5.92 Å². The Bertz CT molecular complexity index is 706. The van der Waals surface area contributed by atoms with Gasteiger partial charge in [0.2, 0.25) is 0 Å². The van der Waals surface area contributed by atoms with E-state index in [4.69, 9.17) is 14.2 Å². The molecule has 0 aliphatic heterocycles. The molecule has 0 N–H and O–H groups in total. The van der Waals surface area contributed by atoms with Crippen molar-refractivity contribution in [2.45, 2.75) is 226 Å². The number of carbonyl (C=O) groups is 3. The fourth-order valence-electron chi connectivity index (χ4n) is 5.92. The maximum atomic E-state index is 12.5. The lowest BCUT2D eigenvalue weighted by Gasteiger charge is -2.18. The molecule has 0 bridgehead atoms. The van der Waals surface area contributed by atoms with Gasteiger partial charge in [0.1, 0.15) is 13.2 Å². The minimum atomic E-state index is -0.757. The van der Waals surface area contributed by atoms with Gasteiger partial charge >= 0.3 is 17.9 Å². The van der Waals surface area contributed by atoms with E-state index in [0.717, 1.165) is 63.7 Å². The first-order valence-corrected chi connectivity index (χ1v) is 20.4. The molecule has 0 unspecified atom stereocenters. The first kappa shape index (κ1) is 45.4. The highest BCUT2D eigenvalue weighted by molar-refractivity contribution is 5.71. The summed E-state index contributed by atoms with van der Waals surface area (Å²) in [7, 11) is 0. The normalized spacial score (nSPS) is 11.9. The van der Waals surface area contributed by atoms with E-state index in [0.29, 0.717) is 19.3 Å². The second-order valence-corrected chi connectivity index (χ2v) is 14.4. The highest BCUT2D eigenvalue weighted by atomic mass is 16.6. The summed E-state index contributed by atoms with van der Waals surface area (Å²) >= 11 is 0. The number of rotatable bonds is 36. The molecule has 278 valence electrons. The SMILES string of the molecule is CCCCCCCCCCCCCCCC(=O)OC[C@H](COC(=O)CCCCCCCCC(C)C)OC(=O)CCCCCCCCC. The van der Waals surface area contributed by atoms with Gasteiger partial charge in [0.05, 0.1) is 0 Å². The van der Waals surface area contributed by atoms with Crippen molar-refractivity contribution in [1.82, 2.24) is 0 Å². The van der Waals surface area contributed by atoms with E-state index in [1.54, 1.807) is 0 Å². The van der Waals surface area contributed by atoms with Gasteiger partial charge in [-0.3, -0.25) is 14.4 Å². The van der Waals surface area contributed by atoms with Gasteiger partial charge in [0, 0.05) is 19.3 Å². The van der Waals surface area contributed by atoms with E-state index in [1.165, 1.54) is 116 Å². The van der Waals surface area contributed by atoms with Crippen molar-refractivity contribution in [3.63, 3.8) is 0 Å².